The van der Waals surface area contributed by atoms with Crippen LogP contribution < -0.4 is 28.4 Å². The fraction of sp³-hybridized carbons (Fsp3) is 0.250. The zero-order valence-corrected chi connectivity index (χ0v) is 17.6. The molecule has 156 valence electrons. The summed E-state index contributed by atoms with van der Waals surface area (Å²) >= 11 is 0. The number of ether oxygens (including phenoxy) is 6. The summed E-state index contributed by atoms with van der Waals surface area (Å²) in [6.45, 7) is 0. The number of fused-ring (bicyclic) bond motifs is 2. The number of methoxy groups -OCH3 is 5. The predicted octanol–water partition coefficient (Wildman–Crippen LogP) is 5.02. The van der Waals surface area contributed by atoms with Crippen LogP contribution in [0.2, 0.25) is 0 Å². The van der Waals surface area contributed by atoms with Gasteiger partial charge in [-0.05, 0) is 42.0 Å². The molecule has 1 aliphatic rings. The lowest BCUT2D eigenvalue weighted by atomic mass is 9.81. The maximum Gasteiger partial charge on any atom is 0.177 e. The smallest absolute Gasteiger partial charge is 0.177 e. The maximum atomic E-state index is 6.37. The third kappa shape index (κ3) is 3.05. The summed E-state index contributed by atoms with van der Waals surface area (Å²) in [5.74, 6) is 4.35. The fourth-order valence-corrected chi connectivity index (χ4v) is 3.93. The van der Waals surface area contributed by atoms with Gasteiger partial charge in [0.15, 0.2) is 23.0 Å². The molecule has 0 amide bonds. The number of rotatable bonds is 6. The molecule has 0 aromatic heterocycles. The normalized spacial score (nSPS) is 12.3. The first-order chi connectivity index (χ1) is 14.7. The van der Waals surface area contributed by atoms with Crippen molar-refractivity contribution in [2.75, 3.05) is 35.5 Å². The lowest BCUT2D eigenvalue weighted by Gasteiger charge is -2.32. The molecule has 0 fully saturated rings. The van der Waals surface area contributed by atoms with Crippen molar-refractivity contribution in [2.45, 2.75) is 5.92 Å². The van der Waals surface area contributed by atoms with E-state index in [2.05, 4.69) is 0 Å². The van der Waals surface area contributed by atoms with Crippen LogP contribution >= 0.6 is 0 Å². The number of hydrogen-bond donors (Lipinski definition) is 0. The van der Waals surface area contributed by atoms with Gasteiger partial charge in [0, 0.05) is 5.92 Å². The van der Waals surface area contributed by atoms with Crippen molar-refractivity contribution in [3.05, 3.63) is 65.2 Å². The second-order valence-electron chi connectivity index (χ2n) is 6.73. The van der Waals surface area contributed by atoms with Crippen molar-refractivity contribution in [1.82, 2.24) is 0 Å². The minimum Gasteiger partial charge on any atom is -0.497 e. The van der Waals surface area contributed by atoms with Crippen molar-refractivity contribution < 1.29 is 28.4 Å². The minimum absolute atomic E-state index is 0.232. The molecule has 30 heavy (non-hydrogen) atoms. The van der Waals surface area contributed by atoms with Gasteiger partial charge in [0.25, 0.3) is 0 Å². The van der Waals surface area contributed by atoms with Crippen LogP contribution in [-0.2, 0) is 0 Å². The Morgan fingerprint density at radius 1 is 0.533 bits per heavy atom. The van der Waals surface area contributed by atoms with Crippen LogP contribution in [0.15, 0.2) is 48.5 Å². The summed E-state index contributed by atoms with van der Waals surface area (Å²) in [5.41, 5.74) is 2.75. The van der Waals surface area contributed by atoms with E-state index in [-0.39, 0.29) is 5.92 Å². The Kier molecular flexibility index (Phi) is 5.31. The molecule has 1 aliphatic heterocycles. The van der Waals surface area contributed by atoms with Gasteiger partial charge >= 0.3 is 0 Å². The van der Waals surface area contributed by atoms with Crippen molar-refractivity contribution in [3.63, 3.8) is 0 Å². The molecule has 0 radical (unpaired) electrons. The van der Waals surface area contributed by atoms with E-state index >= 15 is 0 Å². The Bertz CT molecular complexity index is 997. The number of benzene rings is 3. The lowest BCUT2D eigenvalue weighted by molar-refractivity contribution is 0.331. The van der Waals surface area contributed by atoms with Crippen molar-refractivity contribution in [2.24, 2.45) is 0 Å². The molecule has 3 aromatic rings. The highest BCUT2D eigenvalue weighted by molar-refractivity contribution is 5.71. The fourth-order valence-electron chi connectivity index (χ4n) is 3.93. The molecule has 1 heterocycles. The second kappa shape index (κ2) is 8.06. The molecular weight excluding hydrogens is 384 g/mol. The molecule has 0 spiro atoms. The van der Waals surface area contributed by atoms with Gasteiger partial charge in [-0.15, -0.1) is 0 Å². The van der Waals surface area contributed by atoms with Gasteiger partial charge in [-0.2, -0.15) is 0 Å². The summed E-state index contributed by atoms with van der Waals surface area (Å²) in [6.07, 6.45) is 0. The Balaban J connectivity index is 2.07. The van der Waals surface area contributed by atoms with Crippen LogP contribution in [0.1, 0.15) is 22.6 Å². The Morgan fingerprint density at radius 3 is 1.37 bits per heavy atom. The zero-order chi connectivity index (χ0) is 21.3. The topological polar surface area (TPSA) is 55.4 Å². The van der Waals surface area contributed by atoms with E-state index in [1.807, 2.05) is 48.5 Å². The summed E-state index contributed by atoms with van der Waals surface area (Å²) in [7, 11) is 8.17. The highest BCUT2D eigenvalue weighted by atomic mass is 16.5. The molecule has 0 bridgehead atoms. The van der Waals surface area contributed by atoms with E-state index in [4.69, 9.17) is 28.4 Å². The lowest BCUT2D eigenvalue weighted by Crippen LogP contribution is -2.15. The summed E-state index contributed by atoms with van der Waals surface area (Å²) in [5, 5.41) is 0. The highest BCUT2D eigenvalue weighted by Gasteiger charge is 2.38. The van der Waals surface area contributed by atoms with E-state index in [9.17, 15) is 0 Å². The first-order valence-corrected chi connectivity index (χ1v) is 9.48. The highest BCUT2D eigenvalue weighted by Crippen LogP contribution is 2.58. The van der Waals surface area contributed by atoms with Gasteiger partial charge in [0.05, 0.1) is 46.7 Å². The molecular formula is C24H24O6. The Morgan fingerprint density at radius 2 is 0.967 bits per heavy atom. The third-order valence-corrected chi connectivity index (χ3v) is 5.35. The van der Waals surface area contributed by atoms with E-state index in [0.717, 1.165) is 22.4 Å². The van der Waals surface area contributed by atoms with Gasteiger partial charge in [-0.25, -0.2) is 0 Å². The molecule has 0 unspecified atom stereocenters. The summed E-state index contributed by atoms with van der Waals surface area (Å²) < 4.78 is 34.4. The minimum atomic E-state index is -0.232. The van der Waals surface area contributed by atoms with Gasteiger partial charge in [-0.3, -0.25) is 0 Å². The van der Waals surface area contributed by atoms with Crippen molar-refractivity contribution >= 4 is 0 Å². The standard InChI is InChI=1S/C24H24O6/c1-25-15-8-6-14(7-9-15)20-21-16(26-2)10-12-18(28-4)23(21)30-24-19(29-5)13-11-17(27-3)22(20)24/h6-13,20H,1-5H3. The largest absolute Gasteiger partial charge is 0.497 e. The molecule has 0 saturated heterocycles. The average molecular weight is 408 g/mol. The van der Waals surface area contributed by atoms with E-state index < -0.39 is 0 Å². The third-order valence-electron chi connectivity index (χ3n) is 5.35. The molecule has 3 aromatic carbocycles. The molecule has 6 nitrogen and oxygen atoms in total. The van der Waals surface area contributed by atoms with Gasteiger partial charge < -0.3 is 28.4 Å². The first kappa shape index (κ1) is 19.8. The van der Waals surface area contributed by atoms with Crippen molar-refractivity contribution in [3.8, 4) is 40.2 Å². The predicted molar refractivity (Wildman–Crippen MR) is 113 cm³/mol. The first-order valence-electron chi connectivity index (χ1n) is 9.48. The zero-order valence-electron chi connectivity index (χ0n) is 17.6. The molecule has 4 rings (SSSR count). The average Bonchev–Trinajstić information content (AvgIpc) is 2.81. The monoisotopic (exact) mass is 408 g/mol. The van der Waals surface area contributed by atoms with Gasteiger partial charge in [0.1, 0.15) is 17.2 Å². The molecule has 0 aliphatic carbocycles. The quantitative estimate of drug-likeness (QED) is 0.447. The van der Waals surface area contributed by atoms with E-state index in [1.165, 1.54) is 0 Å². The van der Waals surface area contributed by atoms with Gasteiger partial charge in [0.2, 0.25) is 0 Å². The van der Waals surface area contributed by atoms with Crippen LogP contribution in [0.5, 0.6) is 40.2 Å². The van der Waals surface area contributed by atoms with Crippen molar-refractivity contribution in [1.29, 1.82) is 0 Å². The molecule has 0 atom stereocenters. The van der Waals surface area contributed by atoms with Crippen LogP contribution in [0, 0.1) is 0 Å². The molecule has 6 heteroatoms. The van der Waals surface area contributed by atoms with E-state index in [1.54, 1.807) is 35.5 Å². The SMILES string of the molecule is COc1ccc(C2c3c(OC)ccc(OC)c3Oc3c(OC)ccc(OC)c32)cc1. The Labute approximate surface area is 175 Å². The molecule has 0 N–H and O–H groups in total. The van der Waals surface area contributed by atoms with Crippen LogP contribution in [0.4, 0.5) is 0 Å². The summed E-state index contributed by atoms with van der Waals surface area (Å²) in [4.78, 5) is 0. The second-order valence-corrected chi connectivity index (χ2v) is 6.73. The van der Waals surface area contributed by atoms with Crippen LogP contribution in [-0.4, -0.2) is 35.5 Å². The van der Waals surface area contributed by atoms with Crippen LogP contribution in [0.25, 0.3) is 0 Å². The van der Waals surface area contributed by atoms with Crippen LogP contribution in [0.3, 0.4) is 0 Å². The van der Waals surface area contributed by atoms with E-state index in [0.29, 0.717) is 34.5 Å². The van der Waals surface area contributed by atoms with Gasteiger partial charge in [-0.1, -0.05) is 12.1 Å². The Hall–Kier alpha value is -3.54. The number of hydrogen-bond acceptors (Lipinski definition) is 6. The molecule has 0 saturated carbocycles. The summed E-state index contributed by atoms with van der Waals surface area (Å²) in [6, 6.07) is 15.4. The maximum absolute atomic E-state index is 6.37.